The predicted molar refractivity (Wildman–Crippen MR) is 144 cm³/mol. The second kappa shape index (κ2) is 13.9. The lowest BCUT2D eigenvalue weighted by Gasteiger charge is -2.19. The molecule has 198 valence electrons. The summed E-state index contributed by atoms with van der Waals surface area (Å²) in [4.78, 5) is 47.5. The number of ketones is 1. The summed E-state index contributed by atoms with van der Waals surface area (Å²) in [6.07, 6.45) is -0.287. The highest BCUT2D eigenvalue weighted by Crippen LogP contribution is 2.25. The summed E-state index contributed by atoms with van der Waals surface area (Å²) in [7, 11) is 0. The van der Waals surface area contributed by atoms with E-state index in [1.54, 1.807) is 0 Å². The van der Waals surface area contributed by atoms with Gasteiger partial charge in [0.1, 0.15) is 0 Å². The minimum Gasteiger partial charge on any atom is -0.481 e. The number of aliphatic carboxylic acids is 1. The Kier molecular flexibility index (Phi) is 10.3. The summed E-state index contributed by atoms with van der Waals surface area (Å²) >= 11 is 0. The van der Waals surface area contributed by atoms with Crippen LogP contribution < -0.4 is 11.1 Å². The minimum absolute atomic E-state index is 0.0984. The van der Waals surface area contributed by atoms with Gasteiger partial charge >= 0.3 is 5.97 Å². The summed E-state index contributed by atoms with van der Waals surface area (Å²) in [5.41, 5.74) is 10.5. The Balaban J connectivity index is 1.56. The number of hydrogen-bond donors (Lipinski definition) is 4. The summed E-state index contributed by atoms with van der Waals surface area (Å²) in [6.45, 7) is -0.603. The summed E-state index contributed by atoms with van der Waals surface area (Å²) in [5, 5.41) is 20.8. The van der Waals surface area contributed by atoms with E-state index in [0.717, 1.165) is 27.8 Å². The topological polar surface area (TPSA) is 147 Å². The number of hydrogen-bond acceptors (Lipinski definition) is 5. The molecule has 3 aromatic rings. The first-order chi connectivity index (χ1) is 18.3. The van der Waals surface area contributed by atoms with Gasteiger partial charge in [-0.1, -0.05) is 78.9 Å². The molecule has 0 unspecified atom stereocenters. The zero-order valence-corrected chi connectivity index (χ0v) is 21.0. The van der Waals surface area contributed by atoms with Gasteiger partial charge in [0.05, 0.1) is 18.6 Å². The highest BCUT2D eigenvalue weighted by molar-refractivity contribution is 5.92. The number of carbonyl (C=O) groups is 4. The molecule has 5 N–H and O–H groups in total. The van der Waals surface area contributed by atoms with Crippen molar-refractivity contribution in [1.82, 2.24) is 5.32 Å². The van der Waals surface area contributed by atoms with Crippen LogP contribution in [0.4, 0.5) is 0 Å². The first kappa shape index (κ1) is 28.3. The van der Waals surface area contributed by atoms with Gasteiger partial charge in [-0.3, -0.25) is 19.2 Å². The molecule has 0 aliphatic rings. The van der Waals surface area contributed by atoms with Gasteiger partial charge in [0.15, 0.2) is 5.78 Å². The van der Waals surface area contributed by atoms with Crippen molar-refractivity contribution < 1.29 is 29.4 Å². The molecule has 3 rings (SSSR count). The summed E-state index contributed by atoms with van der Waals surface area (Å²) < 4.78 is 0. The highest BCUT2D eigenvalue weighted by atomic mass is 16.4. The molecule has 0 saturated carbocycles. The van der Waals surface area contributed by atoms with E-state index in [-0.39, 0.29) is 25.7 Å². The Morgan fingerprint density at radius 2 is 1.29 bits per heavy atom. The van der Waals surface area contributed by atoms with Crippen molar-refractivity contribution in [2.75, 3.05) is 6.61 Å². The average molecular weight is 517 g/mol. The van der Waals surface area contributed by atoms with Gasteiger partial charge in [-0.15, -0.1) is 0 Å². The smallest absolute Gasteiger partial charge is 0.303 e. The van der Waals surface area contributed by atoms with Gasteiger partial charge in [0.2, 0.25) is 11.8 Å². The molecule has 3 aromatic carbocycles. The van der Waals surface area contributed by atoms with Crippen molar-refractivity contribution in [3.63, 3.8) is 0 Å². The van der Waals surface area contributed by atoms with Crippen molar-refractivity contribution >= 4 is 23.6 Å². The molecule has 0 fully saturated rings. The number of rotatable bonds is 14. The second-order valence-corrected chi connectivity index (χ2v) is 9.15. The van der Waals surface area contributed by atoms with Crippen LogP contribution in [0, 0.1) is 5.92 Å². The molecule has 0 saturated heterocycles. The lowest BCUT2D eigenvalue weighted by atomic mass is 9.95. The molecule has 2 amide bonds. The molecule has 8 nitrogen and oxygen atoms in total. The summed E-state index contributed by atoms with van der Waals surface area (Å²) in [6, 6.07) is 25.2. The molecule has 2 atom stereocenters. The standard InChI is InChI=1S/C30H32N2O6/c31-30(38)25(19-33)18-27(34)26(15-17-29(36)37)32-28(35)16-8-20-6-9-22(10-7-20)24-13-11-23(12-14-24)21-4-2-1-3-5-21/h1-7,9-14,25-26,33H,8,15-19H2,(H2,31,38)(H,32,35)(H,36,37)/t25-,26-/m0/s1. The van der Waals surface area contributed by atoms with Crippen LogP contribution in [-0.4, -0.2) is 46.4 Å². The predicted octanol–water partition coefficient (Wildman–Crippen LogP) is 3.36. The Hall–Kier alpha value is -4.30. The Labute approximate surface area is 221 Å². The van der Waals surface area contributed by atoms with Crippen LogP contribution in [0.5, 0.6) is 0 Å². The van der Waals surface area contributed by atoms with E-state index >= 15 is 0 Å². The van der Waals surface area contributed by atoms with Gasteiger partial charge in [0, 0.05) is 19.3 Å². The van der Waals surface area contributed by atoms with E-state index in [0.29, 0.717) is 6.42 Å². The molecule has 38 heavy (non-hydrogen) atoms. The molecule has 0 bridgehead atoms. The van der Waals surface area contributed by atoms with Crippen LogP contribution >= 0.6 is 0 Å². The number of benzene rings is 3. The average Bonchev–Trinajstić information content (AvgIpc) is 2.93. The third kappa shape index (κ3) is 8.38. The van der Waals surface area contributed by atoms with E-state index in [1.165, 1.54) is 0 Å². The van der Waals surface area contributed by atoms with Gasteiger partial charge in [0.25, 0.3) is 0 Å². The van der Waals surface area contributed by atoms with Crippen LogP contribution in [0.25, 0.3) is 22.3 Å². The van der Waals surface area contributed by atoms with Crippen LogP contribution in [0.3, 0.4) is 0 Å². The van der Waals surface area contributed by atoms with Crippen molar-refractivity contribution in [3.8, 4) is 22.3 Å². The summed E-state index contributed by atoms with van der Waals surface area (Å²) in [5.74, 6) is -3.98. The number of carbonyl (C=O) groups excluding carboxylic acids is 3. The van der Waals surface area contributed by atoms with Gasteiger partial charge in [-0.25, -0.2) is 0 Å². The molecule has 0 aromatic heterocycles. The number of nitrogens with one attached hydrogen (secondary N) is 1. The van der Waals surface area contributed by atoms with Crippen LogP contribution in [0.1, 0.15) is 31.2 Å². The quantitative estimate of drug-likeness (QED) is 0.258. The lowest BCUT2D eigenvalue weighted by molar-refractivity contribution is -0.138. The molecule has 8 heteroatoms. The highest BCUT2D eigenvalue weighted by Gasteiger charge is 2.26. The number of amides is 2. The number of aryl methyl sites for hydroxylation is 1. The van der Waals surface area contributed by atoms with Crippen LogP contribution in [0.2, 0.25) is 0 Å². The fourth-order valence-electron chi connectivity index (χ4n) is 4.10. The monoisotopic (exact) mass is 516 g/mol. The number of carboxylic acids is 1. The van der Waals surface area contributed by atoms with Crippen molar-refractivity contribution in [2.45, 2.75) is 38.1 Å². The molecule has 0 heterocycles. The number of carboxylic acid groups (broad SMARTS) is 1. The van der Waals surface area contributed by atoms with Gasteiger partial charge < -0.3 is 21.3 Å². The minimum atomic E-state index is -1.11. The Morgan fingerprint density at radius 1 is 0.763 bits per heavy atom. The first-order valence-corrected chi connectivity index (χ1v) is 12.5. The number of aliphatic hydroxyl groups is 1. The van der Waals surface area contributed by atoms with Gasteiger partial charge in [-0.05, 0) is 40.7 Å². The first-order valence-electron chi connectivity index (χ1n) is 12.5. The SMILES string of the molecule is NC(=O)[C@H](CO)CC(=O)[C@H](CCC(=O)O)NC(=O)CCc1ccc(-c2ccc(-c3ccccc3)cc2)cc1. The number of aliphatic hydroxyl groups excluding tert-OH is 1. The maximum atomic E-state index is 12.6. The van der Waals surface area contributed by atoms with Crippen LogP contribution in [0.15, 0.2) is 78.9 Å². The number of Topliss-reactive ketones (excluding diaryl/α,β-unsaturated/α-hetero) is 1. The van der Waals surface area contributed by atoms with Gasteiger partial charge in [-0.2, -0.15) is 0 Å². The van der Waals surface area contributed by atoms with Crippen molar-refractivity contribution in [1.29, 1.82) is 0 Å². The molecule has 0 aliphatic carbocycles. The van der Waals surface area contributed by atoms with E-state index in [4.69, 9.17) is 10.8 Å². The van der Waals surface area contributed by atoms with Crippen molar-refractivity contribution in [3.05, 3.63) is 84.4 Å². The molecule has 0 radical (unpaired) electrons. The van der Waals surface area contributed by atoms with E-state index < -0.39 is 42.1 Å². The number of nitrogens with two attached hydrogens (primary N) is 1. The van der Waals surface area contributed by atoms with Crippen LogP contribution in [-0.2, 0) is 25.6 Å². The Morgan fingerprint density at radius 3 is 1.79 bits per heavy atom. The second-order valence-electron chi connectivity index (χ2n) is 9.15. The molecule has 0 aliphatic heterocycles. The largest absolute Gasteiger partial charge is 0.481 e. The molecular formula is C30H32N2O6. The fourth-order valence-corrected chi connectivity index (χ4v) is 4.10. The number of primary amides is 1. The molecular weight excluding hydrogens is 484 g/mol. The Bertz CT molecular complexity index is 1240. The normalized spacial score (nSPS) is 12.3. The maximum Gasteiger partial charge on any atom is 0.303 e. The maximum absolute atomic E-state index is 12.6. The van der Waals surface area contributed by atoms with E-state index in [9.17, 15) is 24.3 Å². The van der Waals surface area contributed by atoms with E-state index in [2.05, 4.69) is 41.7 Å². The zero-order valence-electron chi connectivity index (χ0n) is 21.0. The zero-order chi connectivity index (χ0) is 27.5. The third-order valence-electron chi connectivity index (χ3n) is 6.36. The van der Waals surface area contributed by atoms with E-state index in [1.807, 2.05) is 42.5 Å². The fraction of sp³-hybridized carbons (Fsp3) is 0.267. The third-order valence-corrected chi connectivity index (χ3v) is 6.36. The molecule has 0 spiro atoms. The van der Waals surface area contributed by atoms with Crippen molar-refractivity contribution in [2.24, 2.45) is 11.7 Å². The lowest BCUT2D eigenvalue weighted by Crippen LogP contribution is -2.43.